The van der Waals surface area contributed by atoms with Crippen molar-refractivity contribution in [1.82, 2.24) is 9.97 Å². The standard InChI is InChI=1S/C17H20N4O2/c1-3-22-15-6-5-13(11-16(15)23-4-2)7-8-20-17-14(12-18)19-9-10-21-17/h5-6,9-11H,3-4,7-8H2,1-2H3,(H,20,21). The second-order valence-electron chi connectivity index (χ2n) is 4.69. The Morgan fingerprint density at radius 1 is 1.09 bits per heavy atom. The lowest BCUT2D eigenvalue weighted by atomic mass is 10.1. The molecule has 0 spiro atoms. The highest BCUT2D eigenvalue weighted by molar-refractivity contribution is 5.47. The molecule has 0 unspecified atom stereocenters. The average Bonchev–Trinajstić information content (AvgIpc) is 2.58. The van der Waals surface area contributed by atoms with Crippen LogP contribution < -0.4 is 14.8 Å². The van der Waals surface area contributed by atoms with Crippen LogP contribution in [0.15, 0.2) is 30.6 Å². The van der Waals surface area contributed by atoms with Crippen LogP contribution in [0, 0.1) is 11.3 Å². The first-order valence-corrected chi connectivity index (χ1v) is 7.62. The van der Waals surface area contributed by atoms with Crippen LogP contribution in [-0.2, 0) is 6.42 Å². The summed E-state index contributed by atoms with van der Waals surface area (Å²) in [5.41, 5.74) is 1.42. The molecule has 0 saturated heterocycles. The molecular formula is C17H20N4O2. The fourth-order valence-corrected chi connectivity index (χ4v) is 2.13. The van der Waals surface area contributed by atoms with E-state index in [4.69, 9.17) is 14.7 Å². The molecule has 0 aliphatic heterocycles. The summed E-state index contributed by atoms with van der Waals surface area (Å²) in [6.07, 6.45) is 3.84. The molecule has 0 bridgehead atoms. The number of anilines is 1. The first-order valence-electron chi connectivity index (χ1n) is 7.62. The van der Waals surface area contributed by atoms with Gasteiger partial charge in [-0.3, -0.25) is 0 Å². The van der Waals surface area contributed by atoms with Crippen LogP contribution in [0.3, 0.4) is 0 Å². The summed E-state index contributed by atoms with van der Waals surface area (Å²) >= 11 is 0. The molecule has 0 amide bonds. The lowest BCUT2D eigenvalue weighted by Crippen LogP contribution is -2.09. The van der Waals surface area contributed by atoms with E-state index >= 15 is 0 Å². The molecule has 2 rings (SSSR count). The molecule has 1 aromatic heterocycles. The first kappa shape index (κ1) is 16.6. The summed E-state index contributed by atoms with van der Waals surface area (Å²) in [5, 5.41) is 12.1. The Morgan fingerprint density at radius 2 is 1.83 bits per heavy atom. The van der Waals surface area contributed by atoms with E-state index in [9.17, 15) is 0 Å². The molecule has 120 valence electrons. The van der Waals surface area contributed by atoms with Crippen LogP contribution in [0.1, 0.15) is 25.1 Å². The molecule has 1 aromatic carbocycles. The zero-order chi connectivity index (χ0) is 16.5. The van der Waals surface area contributed by atoms with Crippen molar-refractivity contribution in [3.8, 4) is 17.6 Å². The lowest BCUT2D eigenvalue weighted by molar-refractivity contribution is 0.287. The summed E-state index contributed by atoms with van der Waals surface area (Å²) in [4.78, 5) is 8.10. The van der Waals surface area contributed by atoms with Gasteiger partial charge in [0.1, 0.15) is 6.07 Å². The van der Waals surface area contributed by atoms with Gasteiger partial charge in [-0.2, -0.15) is 5.26 Å². The SMILES string of the molecule is CCOc1ccc(CCNc2nccnc2C#N)cc1OCC. The molecule has 0 radical (unpaired) electrons. The van der Waals surface area contributed by atoms with Crippen LogP contribution in [0.5, 0.6) is 11.5 Å². The smallest absolute Gasteiger partial charge is 0.182 e. The Kier molecular flexibility index (Phi) is 6.18. The molecule has 2 aromatic rings. The molecule has 0 atom stereocenters. The minimum Gasteiger partial charge on any atom is -0.490 e. The third-order valence-corrected chi connectivity index (χ3v) is 3.12. The van der Waals surface area contributed by atoms with Crippen LogP contribution in [-0.4, -0.2) is 29.7 Å². The number of hydrogen-bond donors (Lipinski definition) is 1. The molecule has 1 N–H and O–H groups in total. The molecule has 0 saturated carbocycles. The lowest BCUT2D eigenvalue weighted by Gasteiger charge is -2.13. The normalized spacial score (nSPS) is 9.96. The van der Waals surface area contributed by atoms with Crippen LogP contribution in [0.25, 0.3) is 0 Å². The highest BCUT2D eigenvalue weighted by Crippen LogP contribution is 2.28. The fourth-order valence-electron chi connectivity index (χ4n) is 2.13. The summed E-state index contributed by atoms with van der Waals surface area (Å²) in [5.74, 6) is 2.02. The molecule has 1 heterocycles. The van der Waals surface area contributed by atoms with Gasteiger partial charge in [0.25, 0.3) is 0 Å². The van der Waals surface area contributed by atoms with Gasteiger partial charge in [-0.25, -0.2) is 9.97 Å². The van der Waals surface area contributed by atoms with E-state index in [2.05, 4.69) is 15.3 Å². The van der Waals surface area contributed by atoms with Gasteiger partial charge in [0, 0.05) is 18.9 Å². The maximum atomic E-state index is 8.99. The van der Waals surface area contributed by atoms with Crippen molar-refractivity contribution in [3.63, 3.8) is 0 Å². The summed E-state index contributed by atoms with van der Waals surface area (Å²) in [7, 11) is 0. The number of nitriles is 1. The zero-order valence-electron chi connectivity index (χ0n) is 13.4. The molecule has 0 fully saturated rings. The van der Waals surface area contributed by atoms with Crippen molar-refractivity contribution in [2.24, 2.45) is 0 Å². The van der Waals surface area contributed by atoms with Gasteiger partial charge in [0.05, 0.1) is 13.2 Å². The summed E-state index contributed by atoms with van der Waals surface area (Å²) in [6, 6.07) is 7.94. The molecular weight excluding hydrogens is 292 g/mol. The summed E-state index contributed by atoms with van der Waals surface area (Å²) in [6.45, 7) is 5.73. The number of ether oxygens (including phenoxy) is 2. The quantitative estimate of drug-likeness (QED) is 0.807. The number of benzene rings is 1. The maximum absolute atomic E-state index is 8.99. The number of nitrogens with one attached hydrogen (secondary N) is 1. The fraction of sp³-hybridized carbons (Fsp3) is 0.353. The predicted octanol–water partition coefficient (Wildman–Crippen LogP) is 2.80. The highest BCUT2D eigenvalue weighted by Gasteiger charge is 2.07. The van der Waals surface area contributed by atoms with Crippen molar-refractivity contribution in [3.05, 3.63) is 41.9 Å². The van der Waals surface area contributed by atoms with Crippen molar-refractivity contribution in [2.45, 2.75) is 20.3 Å². The highest BCUT2D eigenvalue weighted by atomic mass is 16.5. The van der Waals surface area contributed by atoms with Gasteiger partial charge in [-0.15, -0.1) is 0 Å². The Balaban J connectivity index is 2.00. The van der Waals surface area contributed by atoms with Gasteiger partial charge in [0.2, 0.25) is 0 Å². The zero-order valence-corrected chi connectivity index (χ0v) is 13.4. The predicted molar refractivity (Wildman–Crippen MR) is 87.7 cm³/mol. The average molecular weight is 312 g/mol. The largest absolute Gasteiger partial charge is 0.490 e. The van der Waals surface area contributed by atoms with Crippen LogP contribution >= 0.6 is 0 Å². The summed E-state index contributed by atoms with van der Waals surface area (Å²) < 4.78 is 11.2. The molecule has 0 aliphatic rings. The Labute approximate surface area is 136 Å². The van der Waals surface area contributed by atoms with Gasteiger partial charge in [0.15, 0.2) is 23.0 Å². The molecule has 6 heteroatoms. The van der Waals surface area contributed by atoms with E-state index in [-0.39, 0.29) is 0 Å². The van der Waals surface area contributed by atoms with E-state index in [1.54, 1.807) is 6.20 Å². The van der Waals surface area contributed by atoms with Crippen molar-refractivity contribution >= 4 is 5.82 Å². The minimum atomic E-state index is 0.300. The van der Waals surface area contributed by atoms with E-state index < -0.39 is 0 Å². The van der Waals surface area contributed by atoms with Crippen molar-refractivity contribution < 1.29 is 9.47 Å². The van der Waals surface area contributed by atoms with Crippen molar-refractivity contribution in [1.29, 1.82) is 5.26 Å². The van der Waals surface area contributed by atoms with E-state index in [0.29, 0.717) is 31.3 Å². The van der Waals surface area contributed by atoms with Crippen molar-refractivity contribution in [2.75, 3.05) is 25.1 Å². The van der Waals surface area contributed by atoms with E-state index in [0.717, 1.165) is 23.5 Å². The monoisotopic (exact) mass is 312 g/mol. The van der Waals surface area contributed by atoms with E-state index in [1.165, 1.54) is 6.20 Å². The number of aromatic nitrogens is 2. The number of hydrogen-bond acceptors (Lipinski definition) is 6. The molecule has 23 heavy (non-hydrogen) atoms. The van der Waals surface area contributed by atoms with E-state index in [1.807, 2.05) is 38.1 Å². The van der Waals surface area contributed by atoms with Crippen LogP contribution in [0.2, 0.25) is 0 Å². The maximum Gasteiger partial charge on any atom is 0.182 e. The molecule has 6 nitrogen and oxygen atoms in total. The minimum absolute atomic E-state index is 0.300. The van der Waals surface area contributed by atoms with Crippen LogP contribution in [0.4, 0.5) is 5.82 Å². The topological polar surface area (TPSA) is 80.1 Å². The Bertz CT molecular complexity index is 683. The molecule has 0 aliphatic carbocycles. The van der Waals surface area contributed by atoms with Gasteiger partial charge in [-0.1, -0.05) is 6.07 Å². The van der Waals surface area contributed by atoms with Gasteiger partial charge >= 0.3 is 0 Å². The third-order valence-electron chi connectivity index (χ3n) is 3.12. The van der Waals surface area contributed by atoms with Gasteiger partial charge in [-0.05, 0) is 38.0 Å². The Morgan fingerprint density at radius 3 is 2.57 bits per heavy atom. The second kappa shape index (κ2) is 8.59. The first-order chi connectivity index (χ1) is 11.3. The number of rotatable bonds is 8. The Hall–Kier alpha value is -2.81. The third kappa shape index (κ3) is 4.58. The number of nitrogens with zero attached hydrogens (tertiary/aromatic N) is 3. The van der Waals surface area contributed by atoms with Gasteiger partial charge < -0.3 is 14.8 Å². The second-order valence-corrected chi connectivity index (χ2v) is 4.69.